The summed E-state index contributed by atoms with van der Waals surface area (Å²) < 4.78 is 6.65. The maximum absolute atomic E-state index is 9.89. The molecule has 0 aromatic heterocycles. The first kappa shape index (κ1) is 23.6. The second kappa shape index (κ2) is 8.68. The Bertz CT molecular complexity index is 1120. The van der Waals surface area contributed by atoms with Gasteiger partial charge < -0.3 is 14.7 Å². The molecule has 1 N–H and O–H groups in total. The standard InChI is InChI=1S/C30H39NO2/c1-18(2)11-24-16-28-26-14-20(4)12-21(5)29(26)30(8,33-23(7)15-22(6)32)17-31(28)27-10-9-19(3)13-25(24)27/h9-10,12-16,18,22,28,32H,11,17H2,1-8H3/b23-15-/t22?,28?,30-/m1/s1. The Morgan fingerprint density at radius 1 is 1.15 bits per heavy atom. The molecule has 0 aliphatic carbocycles. The number of hydrogen-bond acceptors (Lipinski definition) is 3. The lowest BCUT2D eigenvalue weighted by Crippen LogP contribution is -2.49. The molecule has 3 atom stereocenters. The fraction of sp³-hybridized carbons (Fsp3) is 0.467. The van der Waals surface area contributed by atoms with E-state index in [1.54, 1.807) is 13.0 Å². The van der Waals surface area contributed by atoms with E-state index in [0.717, 1.165) is 18.7 Å². The van der Waals surface area contributed by atoms with E-state index in [-0.39, 0.29) is 6.04 Å². The van der Waals surface area contributed by atoms with Gasteiger partial charge in [-0.05, 0) is 88.8 Å². The number of hydrogen-bond donors (Lipinski definition) is 1. The molecule has 2 aliphatic heterocycles. The lowest BCUT2D eigenvalue weighted by Gasteiger charge is -2.50. The van der Waals surface area contributed by atoms with Crippen LogP contribution in [-0.2, 0) is 10.3 Å². The van der Waals surface area contributed by atoms with Crippen LogP contribution in [-0.4, -0.2) is 17.8 Å². The van der Waals surface area contributed by atoms with Gasteiger partial charge in [0.1, 0.15) is 5.60 Å². The van der Waals surface area contributed by atoms with Gasteiger partial charge in [-0.3, -0.25) is 0 Å². The van der Waals surface area contributed by atoms with Gasteiger partial charge in [0.25, 0.3) is 0 Å². The van der Waals surface area contributed by atoms with Crippen molar-refractivity contribution < 1.29 is 9.84 Å². The van der Waals surface area contributed by atoms with Gasteiger partial charge in [0.15, 0.2) is 0 Å². The van der Waals surface area contributed by atoms with E-state index in [9.17, 15) is 5.11 Å². The summed E-state index contributed by atoms with van der Waals surface area (Å²) in [6, 6.07) is 11.7. The maximum Gasteiger partial charge on any atom is 0.149 e. The summed E-state index contributed by atoms with van der Waals surface area (Å²) in [5.41, 5.74) is 10.0. The fourth-order valence-corrected chi connectivity index (χ4v) is 5.91. The molecule has 2 heterocycles. The number of aliphatic hydroxyl groups is 1. The van der Waals surface area contributed by atoms with E-state index in [2.05, 4.69) is 82.9 Å². The second-order valence-electron chi connectivity index (χ2n) is 10.8. The third-order valence-corrected chi connectivity index (χ3v) is 6.82. The van der Waals surface area contributed by atoms with Crippen LogP contribution in [0.15, 0.2) is 48.2 Å². The molecule has 0 amide bonds. The zero-order valence-corrected chi connectivity index (χ0v) is 21.5. The van der Waals surface area contributed by atoms with Gasteiger partial charge >= 0.3 is 0 Å². The molecule has 0 radical (unpaired) electrons. The van der Waals surface area contributed by atoms with E-state index < -0.39 is 11.7 Å². The third kappa shape index (κ3) is 4.48. The van der Waals surface area contributed by atoms with Crippen molar-refractivity contribution in [2.24, 2.45) is 5.92 Å². The maximum atomic E-state index is 9.89. The molecule has 0 saturated carbocycles. The SMILES string of the molecule is C/C(=C/C(C)O)O[C@]1(C)CN2c3ccc(C)cc3C(CC(C)C)=CC2c2cc(C)cc(C)c21. The normalized spacial score (nSPS) is 23.0. The topological polar surface area (TPSA) is 32.7 Å². The van der Waals surface area contributed by atoms with Crippen LogP contribution in [0, 0.1) is 26.7 Å². The van der Waals surface area contributed by atoms with E-state index >= 15 is 0 Å². The molecule has 0 fully saturated rings. The number of fused-ring (bicyclic) bond motifs is 5. The molecule has 176 valence electrons. The van der Waals surface area contributed by atoms with E-state index in [1.807, 2.05) is 6.92 Å². The van der Waals surface area contributed by atoms with Crippen LogP contribution in [0.3, 0.4) is 0 Å². The second-order valence-corrected chi connectivity index (χ2v) is 10.8. The Hall–Kier alpha value is -2.52. The predicted octanol–water partition coefficient (Wildman–Crippen LogP) is 7.13. The minimum Gasteiger partial charge on any atom is -0.486 e. The highest BCUT2D eigenvalue weighted by atomic mass is 16.5. The van der Waals surface area contributed by atoms with Crippen LogP contribution in [0.2, 0.25) is 0 Å². The van der Waals surface area contributed by atoms with Gasteiger partial charge in [0, 0.05) is 16.8 Å². The van der Waals surface area contributed by atoms with Gasteiger partial charge in [-0.1, -0.05) is 49.2 Å². The highest BCUT2D eigenvalue weighted by Gasteiger charge is 2.45. The molecule has 2 aromatic rings. The molecule has 0 saturated heterocycles. The number of aryl methyl sites for hydroxylation is 3. The van der Waals surface area contributed by atoms with Crippen LogP contribution in [0.5, 0.6) is 0 Å². The quantitative estimate of drug-likeness (QED) is 0.497. The summed E-state index contributed by atoms with van der Waals surface area (Å²) in [6.07, 6.45) is 4.82. The minimum atomic E-state index is -0.538. The van der Waals surface area contributed by atoms with E-state index in [4.69, 9.17) is 4.74 Å². The third-order valence-electron chi connectivity index (χ3n) is 6.82. The first-order valence-corrected chi connectivity index (χ1v) is 12.2. The summed E-state index contributed by atoms with van der Waals surface area (Å²) in [5, 5.41) is 9.89. The highest BCUT2D eigenvalue weighted by Crippen LogP contribution is 2.51. The molecular weight excluding hydrogens is 406 g/mol. The van der Waals surface area contributed by atoms with Gasteiger partial charge in [-0.2, -0.15) is 0 Å². The van der Waals surface area contributed by atoms with Crippen LogP contribution in [0.25, 0.3) is 5.57 Å². The van der Waals surface area contributed by atoms with Crippen molar-refractivity contribution in [1.29, 1.82) is 0 Å². The van der Waals surface area contributed by atoms with Crippen molar-refractivity contribution >= 4 is 11.3 Å². The van der Waals surface area contributed by atoms with Crippen molar-refractivity contribution in [3.8, 4) is 0 Å². The molecule has 0 bridgehead atoms. The van der Waals surface area contributed by atoms with Crippen molar-refractivity contribution in [3.63, 3.8) is 0 Å². The fourth-order valence-electron chi connectivity index (χ4n) is 5.91. The Morgan fingerprint density at radius 3 is 2.55 bits per heavy atom. The van der Waals surface area contributed by atoms with Crippen molar-refractivity contribution in [2.75, 3.05) is 11.4 Å². The van der Waals surface area contributed by atoms with E-state index in [0.29, 0.717) is 5.92 Å². The number of allylic oxidation sites excluding steroid dienone is 2. The highest BCUT2D eigenvalue weighted by molar-refractivity contribution is 5.83. The summed E-state index contributed by atoms with van der Waals surface area (Å²) in [6.45, 7) is 17.8. The molecule has 2 unspecified atom stereocenters. The lowest BCUT2D eigenvalue weighted by molar-refractivity contribution is 0.0120. The Morgan fingerprint density at radius 2 is 1.88 bits per heavy atom. The molecular formula is C30H39NO2. The Labute approximate surface area is 199 Å². The van der Waals surface area contributed by atoms with Gasteiger partial charge in [0.05, 0.1) is 24.4 Å². The first-order chi connectivity index (χ1) is 15.5. The van der Waals surface area contributed by atoms with Gasteiger partial charge in [-0.15, -0.1) is 0 Å². The van der Waals surface area contributed by atoms with Crippen molar-refractivity contribution in [2.45, 2.75) is 79.6 Å². The monoisotopic (exact) mass is 445 g/mol. The number of anilines is 1. The summed E-state index contributed by atoms with van der Waals surface area (Å²) in [4.78, 5) is 2.52. The Kier molecular flexibility index (Phi) is 6.22. The molecule has 3 nitrogen and oxygen atoms in total. The minimum absolute atomic E-state index is 0.195. The zero-order valence-electron chi connectivity index (χ0n) is 21.5. The number of nitrogens with zero attached hydrogens (tertiary/aromatic N) is 1. The number of rotatable bonds is 5. The van der Waals surface area contributed by atoms with Crippen LogP contribution >= 0.6 is 0 Å². The summed E-state index contributed by atoms with van der Waals surface area (Å²) >= 11 is 0. The average Bonchev–Trinajstić information content (AvgIpc) is 2.67. The average molecular weight is 446 g/mol. The first-order valence-electron chi connectivity index (χ1n) is 12.2. The van der Waals surface area contributed by atoms with Crippen LogP contribution < -0.4 is 4.90 Å². The molecule has 2 aromatic carbocycles. The van der Waals surface area contributed by atoms with Crippen LogP contribution in [0.4, 0.5) is 5.69 Å². The number of aliphatic hydroxyl groups excluding tert-OH is 1. The molecule has 0 spiro atoms. The smallest absolute Gasteiger partial charge is 0.149 e. The molecule has 2 aliphatic rings. The number of benzene rings is 2. The largest absolute Gasteiger partial charge is 0.486 e. The molecule has 4 rings (SSSR count). The summed E-state index contributed by atoms with van der Waals surface area (Å²) in [5.74, 6) is 1.36. The van der Waals surface area contributed by atoms with Crippen LogP contribution in [0.1, 0.15) is 80.5 Å². The predicted molar refractivity (Wildman–Crippen MR) is 138 cm³/mol. The number of ether oxygens (including phenoxy) is 1. The van der Waals surface area contributed by atoms with Gasteiger partial charge in [0.2, 0.25) is 0 Å². The Balaban J connectivity index is 1.93. The lowest BCUT2D eigenvalue weighted by atomic mass is 9.76. The molecule has 33 heavy (non-hydrogen) atoms. The van der Waals surface area contributed by atoms with Crippen molar-refractivity contribution in [1.82, 2.24) is 0 Å². The van der Waals surface area contributed by atoms with E-state index in [1.165, 1.54) is 44.6 Å². The van der Waals surface area contributed by atoms with Crippen molar-refractivity contribution in [3.05, 3.63) is 81.6 Å². The zero-order chi connectivity index (χ0) is 24.1. The van der Waals surface area contributed by atoms with Gasteiger partial charge in [-0.25, -0.2) is 0 Å². The summed E-state index contributed by atoms with van der Waals surface area (Å²) in [7, 11) is 0. The molecule has 3 heteroatoms.